The van der Waals surface area contributed by atoms with Crippen LogP contribution in [0.1, 0.15) is 12.2 Å². The van der Waals surface area contributed by atoms with Crippen LogP contribution in [-0.2, 0) is 11.3 Å². The fourth-order valence-electron chi connectivity index (χ4n) is 2.28. The van der Waals surface area contributed by atoms with E-state index in [0.29, 0.717) is 24.7 Å². The molecule has 0 aromatic carbocycles. The quantitative estimate of drug-likeness (QED) is 0.556. The molecule has 4 N–H and O–H groups in total. The molecule has 0 unspecified atom stereocenters. The molecule has 1 aliphatic heterocycles. The Morgan fingerprint density at radius 2 is 2.40 bits per heavy atom. The maximum atomic E-state index is 11.6. The van der Waals surface area contributed by atoms with Crippen molar-refractivity contribution < 1.29 is 4.79 Å². The van der Waals surface area contributed by atoms with E-state index in [1.54, 1.807) is 11.3 Å². The lowest BCUT2D eigenvalue weighted by atomic mass is 10.3. The number of fused-ring (bicyclic) bond motifs is 1. The van der Waals surface area contributed by atoms with Gasteiger partial charge in [0.1, 0.15) is 10.7 Å². The van der Waals surface area contributed by atoms with Gasteiger partial charge in [-0.2, -0.15) is 0 Å². The van der Waals surface area contributed by atoms with Crippen molar-refractivity contribution in [3.63, 3.8) is 0 Å². The summed E-state index contributed by atoms with van der Waals surface area (Å²) in [5.41, 5.74) is 2.61. The second-order valence-corrected chi connectivity index (χ2v) is 5.58. The lowest BCUT2D eigenvalue weighted by molar-refractivity contribution is -0.121. The first-order valence-corrected chi connectivity index (χ1v) is 7.34. The van der Waals surface area contributed by atoms with Crippen molar-refractivity contribution in [2.75, 3.05) is 25.1 Å². The average Bonchev–Trinajstić information content (AvgIpc) is 2.81. The fourth-order valence-corrected chi connectivity index (χ4v) is 3.07. The predicted octanol–water partition coefficient (Wildman–Crippen LogP) is 0.299. The number of rotatable bonds is 3. The van der Waals surface area contributed by atoms with E-state index < -0.39 is 0 Å². The molecule has 1 saturated heterocycles. The number of nitrogens with one attached hydrogen (secondary N) is 2. The van der Waals surface area contributed by atoms with Crippen molar-refractivity contribution in [1.82, 2.24) is 20.2 Å². The highest BCUT2D eigenvalue weighted by Gasteiger charge is 2.17. The van der Waals surface area contributed by atoms with Crippen molar-refractivity contribution >= 4 is 33.3 Å². The summed E-state index contributed by atoms with van der Waals surface area (Å²) < 4.78 is 0. The van der Waals surface area contributed by atoms with Crippen LogP contribution in [0.25, 0.3) is 10.2 Å². The normalized spacial score (nSPS) is 16.9. The van der Waals surface area contributed by atoms with Crippen LogP contribution in [0, 0.1) is 0 Å². The van der Waals surface area contributed by atoms with Gasteiger partial charge in [0.2, 0.25) is 5.91 Å². The molecule has 0 spiro atoms. The average molecular weight is 292 g/mol. The van der Waals surface area contributed by atoms with Gasteiger partial charge in [-0.05, 0) is 17.9 Å². The van der Waals surface area contributed by atoms with Crippen molar-refractivity contribution in [3.05, 3.63) is 17.3 Å². The molecular weight excluding hydrogens is 276 g/mol. The fraction of sp³-hybridized carbons (Fsp3) is 0.417. The van der Waals surface area contributed by atoms with E-state index in [2.05, 4.69) is 25.6 Å². The molecule has 0 atom stereocenters. The first kappa shape index (κ1) is 13.2. The molecule has 0 saturated carbocycles. The molecule has 3 heterocycles. The van der Waals surface area contributed by atoms with Crippen molar-refractivity contribution in [2.24, 2.45) is 5.84 Å². The van der Waals surface area contributed by atoms with Crippen molar-refractivity contribution in [2.45, 2.75) is 13.0 Å². The SMILES string of the molecule is NNc1nc(CN2CCCNC(=O)C2)nc2sccc12. The van der Waals surface area contributed by atoms with Gasteiger partial charge in [0.15, 0.2) is 5.82 Å². The highest BCUT2D eigenvalue weighted by molar-refractivity contribution is 7.16. The molecule has 1 aliphatic rings. The Kier molecular flexibility index (Phi) is 3.77. The summed E-state index contributed by atoms with van der Waals surface area (Å²) in [7, 11) is 0. The number of nitrogens with zero attached hydrogens (tertiary/aromatic N) is 3. The van der Waals surface area contributed by atoms with E-state index >= 15 is 0 Å². The molecule has 0 bridgehead atoms. The molecule has 0 aliphatic carbocycles. The van der Waals surface area contributed by atoms with Crippen LogP contribution >= 0.6 is 11.3 Å². The van der Waals surface area contributed by atoms with Gasteiger partial charge in [0, 0.05) is 13.1 Å². The number of anilines is 1. The van der Waals surface area contributed by atoms with Crippen LogP contribution in [0.4, 0.5) is 5.82 Å². The van der Waals surface area contributed by atoms with Crippen LogP contribution in [0.15, 0.2) is 11.4 Å². The van der Waals surface area contributed by atoms with E-state index in [1.807, 2.05) is 11.4 Å². The largest absolute Gasteiger partial charge is 0.355 e. The summed E-state index contributed by atoms with van der Waals surface area (Å²) in [6.07, 6.45) is 0.939. The van der Waals surface area contributed by atoms with E-state index in [-0.39, 0.29) is 5.91 Å². The smallest absolute Gasteiger partial charge is 0.234 e. The Morgan fingerprint density at radius 1 is 1.50 bits per heavy atom. The Morgan fingerprint density at radius 3 is 3.25 bits per heavy atom. The van der Waals surface area contributed by atoms with Gasteiger partial charge in [-0.15, -0.1) is 11.3 Å². The maximum absolute atomic E-state index is 11.6. The highest BCUT2D eigenvalue weighted by Crippen LogP contribution is 2.24. The number of thiophene rings is 1. The molecule has 2 aromatic heterocycles. The molecule has 0 radical (unpaired) electrons. The number of aromatic nitrogens is 2. The Bertz CT molecular complexity index is 627. The van der Waals surface area contributed by atoms with E-state index in [1.165, 1.54) is 0 Å². The monoisotopic (exact) mass is 292 g/mol. The molecule has 7 nitrogen and oxygen atoms in total. The van der Waals surface area contributed by atoms with Crippen molar-refractivity contribution in [3.8, 4) is 0 Å². The summed E-state index contributed by atoms with van der Waals surface area (Å²) in [4.78, 5) is 23.5. The number of hydrogen-bond acceptors (Lipinski definition) is 7. The third-order valence-electron chi connectivity index (χ3n) is 3.21. The Hall–Kier alpha value is -1.77. The van der Waals surface area contributed by atoms with Crippen LogP contribution < -0.4 is 16.6 Å². The Balaban J connectivity index is 1.84. The lowest BCUT2D eigenvalue weighted by Crippen LogP contribution is -2.33. The molecule has 8 heteroatoms. The maximum Gasteiger partial charge on any atom is 0.234 e. The summed E-state index contributed by atoms with van der Waals surface area (Å²) in [6, 6.07) is 1.94. The second kappa shape index (κ2) is 5.70. The molecule has 1 amide bonds. The second-order valence-electron chi connectivity index (χ2n) is 4.69. The minimum absolute atomic E-state index is 0.0527. The number of carbonyl (C=O) groups excluding carboxylic acids is 1. The van der Waals surface area contributed by atoms with Gasteiger partial charge in [-0.3, -0.25) is 9.69 Å². The molecular formula is C12H16N6OS. The first-order valence-electron chi connectivity index (χ1n) is 6.46. The van der Waals surface area contributed by atoms with Gasteiger partial charge in [-0.1, -0.05) is 0 Å². The van der Waals surface area contributed by atoms with E-state index in [0.717, 1.165) is 29.7 Å². The Labute approximate surface area is 120 Å². The molecule has 2 aromatic rings. The number of nitrogens with two attached hydrogens (primary N) is 1. The summed E-state index contributed by atoms with van der Waals surface area (Å²) in [5.74, 6) is 6.88. The zero-order chi connectivity index (χ0) is 13.9. The number of hydrogen-bond donors (Lipinski definition) is 3. The van der Waals surface area contributed by atoms with Crippen LogP contribution in [0.5, 0.6) is 0 Å². The first-order chi connectivity index (χ1) is 9.76. The van der Waals surface area contributed by atoms with Crippen molar-refractivity contribution in [1.29, 1.82) is 0 Å². The highest BCUT2D eigenvalue weighted by atomic mass is 32.1. The standard InChI is InChI=1S/C12H16N6OS/c13-17-11-8-2-5-20-12(8)16-9(15-11)6-18-4-1-3-14-10(19)7-18/h2,5H,1,3-4,6-7,13H2,(H,14,19)(H,15,16,17). The summed E-state index contributed by atoms with van der Waals surface area (Å²) >= 11 is 1.55. The topological polar surface area (TPSA) is 96.2 Å². The molecule has 106 valence electrons. The van der Waals surface area contributed by atoms with E-state index in [9.17, 15) is 4.79 Å². The molecule has 1 fully saturated rings. The number of carbonyl (C=O) groups is 1. The zero-order valence-electron chi connectivity index (χ0n) is 10.9. The van der Waals surface area contributed by atoms with Gasteiger partial charge >= 0.3 is 0 Å². The third kappa shape index (κ3) is 2.72. The third-order valence-corrected chi connectivity index (χ3v) is 4.02. The number of hydrazine groups is 1. The van der Waals surface area contributed by atoms with Gasteiger partial charge in [0.25, 0.3) is 0 Å². The molecule has 20 heavy (non-hydrogen) atoms. The summed E-state index contributed by atoms with van der Waals surface area (Å²) in [6.45, 7) is 2.53. The van der Waals surface area contributed by atoms with Crippen LogP contribution in [0.2, 0.25) is 0 Å². The molecule has 3 rings (SSSR count). The minimum atomic E-state index is 0.0527. The zero-order valence-corrected chi connectivity index (χ0v) is 11.7. The van der Waals surface area contributed by atoms with Crippen LogP contribution in [-0.4, -0.2) is 40.4 Å². The number of amides is 1. The van der Waals surface area contributed by atoms with Crippen LogP contribution in [0.3, 0.4) is 0 Å². The van der Waals surface area contributed by atoms with E-state index in [4.69, 9.17) is 5.84 Å². The minimum Gasteiger partial charge on any atom is -0.355 e. The van der Waals surface area contributed by atoms with Gasteiger partial charge in [-0.25, -0.2) is 15.8 Å². The van der Waals surface area contributed by atoms with Gasteiger partial charge < -0.3 is 10.7 Å². The van der Waals surface area contributed by atoms with Gasteiger partial charge in [0.05, 0.1) is 18.5 Å². The lowest BCUT2D eigenvalue weighted by Gasteiger charge is -2.17. The predicted molar refractivity (Wildman–Crippen MR) is 78.1 cm³/mol. The number of nitrogen functional groups attached to an aromatic ring is 1. The summed E-state index contributed by atoms with van der Waals surface area (Å²) in [5, 5.41) is 5.74.